The minimum Gasteiger partial charge on any atom is -0.467 e. The van der Waals surface area contributed by atoms with Crippen molar-refractivity contribution >= 4 is 11.8 Å². The van der Waals surface area contributed by atoms with E-state index in [1.165, 1.54) is 32.8 Å². The molecule has 1 aliphatic carbocycles. The van der Waals surface area contributed by atoms with Gasteiger partial charge >= 0.3 is 5.97 Å². The summed E-state index contributed by atoms with van der Waals surface area (Å²) in [5, 5.41) is 9.64. The van der Waals surface area contributed by atoms with Crippen LogP contribution in [-0.2, 0) is 19.1 Å². The van der Waals surface area contributed by atoms with Crippen LogP contribution in [0.2, 0.25) is 0 Å². The van der Waals surface area contributed by atoms with Crippen LogP contribution in [0.25, 0.3) is 0 Å². The van der Waals surface area contributed by atoms with Crippen LogP contribution in [0, 0.1) is 17.8 Å². The maximum absolute atomic E-state index is 12.7. The van der Waals surface area contributed by atoms with Crippen molar-refractivity contribution in [2.45, 2.75) is 90.8 Å². The molecule has 0 radical (unpaired) electrons. The molecule has 1 rings (SSSR count). The molecular formula is C25H42O5. The molecule has 5 nitrogen and oxygen atoms in total. The van der Waals surface area contributed by atoms with Gasteiger partial charge in [0.05, 0.1) is 19.8 Å². The minimum absolute atomic E-state index is 0.0144. The van der Waals surface area contributed by atoms with Crippen LogP contribution in [-0.4, -0.2) is 42.8 Å². The summed E-state index contributed by atoms with van der Waals surface area (Å²) in [6, 6.07) is 0. The van der Waals surface area contributed by atoms with Crippen molar-refractivity contribution in [1.29, 1.82) is 0 Å². The van der Waals surface area contributed by atoms with E-state index in [-0.39, 0.29) is 23.9 Å². The molecular weight excluding hydrogens is 380 g/mol. The Balaban J connectivity index is 2.62. The number of aliphatic hydroxyl groups is 1. The van der Waals surface area contributed by atoms with Crippen molar-refractivity contribution < 1.29 is 24.2 Å². The summed E-state index contributed by atoms with van der Waals surface area (Å²) < 4.78 is 10.4. The summed E-state index contributed by atoms with van der Waals surface area (Å²) in [4.78, 5) is 23.9. The summed E-state index contributed by atoms with van der Waals surface area (Å²) in [6.45, 7) is 6.89. The molecule has 5 heteroatoms. The Bertz CT molecular complexity index is 552. The van der Waals surface area contributed by atoms with Crippen molar-refractivity contribution in [3.05, 3.63) is 24.3 Å². The fourth-order valence-electron chi connectivity index (χ4n) is 3.97. The van der Waals surface area contributed by atoms with Crippen molar-refractivity contribution in [1.82, 2.24) is 0 Å². The molecule has 1 saturated carbocycles. The summed E-state index contributed by atoms with van der Waals surface area (Å²) in [7, 11) is 1.27. The Labute approximate surface area is 182 Å². The zero-order valence-corrected chi connectivity index (χ0v) is 19.3. The number of esters is 1. The Morgan fingerprint density at radius 3 is 2.60 bits per heavy atom. The molecule has 1 fully saturated rings. The summed E-state index contributed by atoms with van der Waals surface area (Å²) >= 11 is 0. The predicted octanol–water partition coefficient (Wildman–Crippen LogP) is 5.02. The lowest BCUT2D eigenvalue weighted by Crippen LogP contribution is -2.21. The maximum atomic E-state index is 12.7. The molecule has 1 N–H and O–H groups in total. The molecule has 1 unspecified atom stereocenters. The van der Waals surface area contributed by atoms with E-state index in [2.05, 4.69) is 23.8 Å². The first kappa shape index (κ1) is 26.6. The van der Waals surface area contributed by atoms with Crippen LogP contribution in [0.3, 0.4) is 0 Å². The van der Waals surface area contributed by atoms with Crippen LogP contribution in [0.15, 0.2) is 24.3 Å². The number of aliphatic hydroxyl groups excluding tert-OH is 1. The third-order valence-corrected chi connectivity index (χ3v) is 5.75. The quantitative estimate of drug-likeness (QED) is 0.228. The van der Waals surface area contributed by atoms with Gasteiger partial charge in [-0.25, -0.2) is 4.79 Å². The number of carbonyl (C=O) groups is 2. The van der Waals surface area contributed by atoms with Gasteiger partial charge in [0.1, 0.15) is 5.78 Å². The highest BCUT2D eigenvalue weighted by atomic mass is 16.5. The smallest absolute Gasteiger partial charge is 0.334 e. The van der Waals surface area contributed by atoms with E-state index in [1.807, 2.05) is 26.0 Å². The highest BCUT2D eigenvalue weighted by Crippen LogP contribution is 2.38. The third-order valence-electron chi connectivity index (χ3n) is 5.75. The molecule has 0 amide bonds. The first-order valence-electron chi connectivity index (χ1n) is 11.6. The SMILES string of the molecule is CCCCCC/C=C/[C@H]1[C@H](COC(C)C)CC(=O)[C@@H]1C/C=C\CCC(O)C(=O)OC. The summed E-state index contributed by atoms with van der Waals surface area (Å²) in [6.07, 6.45) is 15.8. The molecule has 30 heavy (non-hydrogen) atoms. The zero-order valence-electron chi connectivity index (χ0n) is 19.3. The highest BCUT2D eigenvalue weighted by Gasteiger charge is 2.40. The lowest BCUT2D eigenvalue weighted by atomic mass is 9.86. The van der Waals surface area contributed by atoms with Gasteiger partial charge in [-0.2, -0.15) is 0 Å². The fourth-order valence-corrected chi connectivity index (χ4v) is 3.97. The Hall–Kier alpha value is -1.46. The van der Waals surface area contributed by atoms with E-state index in [4.69, 9.17) is 4.74 Å². The zero-order chi connectivity index (χ0) is 22.4. The number of hydrogen-bond donors (Lipinski definition) is 1. The largest absolute Gasteiger partial charge is 0.467 e. The molecule has 0 aromatic heterocycles. The van der Waals surface area contributed by atoms with Gasteiger partial charge in [-0.1, -0.05) is 50.5 Å². The van der Waals surface area contributed by atoms with Crippen molar-refractivity contribution in [3.63, 3.8) is 0 Å². The second kappa shape index (κ2) is 15.4. The number of hydrogen-bond acceptors (Lipinski definition) is 5. The lowest BCUT2D eigenvalue weighted by Gasteiger charge is -2.21. The van der Waals surface area contributed by atoms with Crippen molar-refractivity contribution in [2.24, 2.45) is 17.8 Å². The molecule has 1 aliphatic rings. The second-order valence-corrected chi connectivity index (χ2v) is 8.60. The van der Waals surface area contributed by atoms with Gasteiger partial charge in [-0.15, -0.1) is 0 Å². The minimum atomic E-state index is -1.09. The molecule has 172 valence electrons. The molecule has 0 aromatic rings. The Morgan fingerprint density at radius 2 is 1.93 bits per heavy atom. The topological polar surface area (TPSA) is 72.8 Å². The number of Topliss-reactive ketones (excluding diaryl/α,β-unsaturated/α-hetero) is 1. The molecule has 0 aliphatic heterocycles. The summed E-state index contributed by atoms with van der Waals surface area (Å²) in [5.74, 6) is 0.150. The van der Waals surface area contributed by atoms with Gasteiger partial charge in [-0.3, -0.25) is 4.79 Å². The average Bonchev–Trinajstić information content (AvgIpc) is 3.02. The first-order chi connectivity index (χ1) is 14.4. The Kier molecular flexibility index (Phi) is 13.6. The van der Waals surface area contributed by atoms with Crippen molar-refractivity contribution in [2.75, 3.05) is 13.7 Å². The first-order valence-corrected chi connectivity index (χ1v) is 11.6. The number of ketones is 1. The van der Waals surface area contributed by atoms with Crippen LogP contribution >= 0.6 is 0 Å². The molecule has 4 atom stereocenters. The van der Waals surface area contributed by atoms with E-state index in [1.54, 1.807) is 0 Å². The highest BCUT2D eigenvalue weighted by molar-refractivity contribution is 5.84. The molecule has 0 heterocycles. The van der Waals surface area contributed by atoms with E-state index < -0.39 is 12.1 Å². The van der Waals surface area contributed by atoms with Gasteiger partial charge in [0.25, 0.3) is 0 Å². The number of ether oxygens (including phenoxy) is 2. The number of rotatable bonds is 15. The predicted molar refractivity (Wildman–Crippen MR) is 120 cm³/mol. The fraction of sp³-hybridized carbons (Fsp3) is 0.760. The number of unbranched alkanes of at least 4 members (excludes halogenated alkanes) is 4. The van der Waals surface area contributed by atoms with Gasteiger partial charge in [0, 0.05) is 12.3 Å². The molecule has 0 bridgehead atoms. The van der Waals surface area contributed by atoms with E-state index in [0.717, 1.165) is 6.42 Å². The lowest BCUT2D eigenvalue weighted by molar-refractivity contribution is -0.150. The Morgan fingerprint density at radius 1 is 1.17 bits per heavy atom. The van der Waals surface area contributed by atoms with Crippen LogP contribution in [0.1, 0.15) is 78.6 Å². The van der Waals surface area contributed by atoms with Crippen molar-refractivity contribution in [3.8, 4) is 0 Å². The summed E-state index contributed by atoms with van der Waals surface area (Å²) in [5.41, 5.74) is 0. The maximum Gasteiger partial charge on any atom is 0.334 e. The number of allylic oxidation sites excluding steroid dienone is 4. The van der Waals surface area contributed by atoms with Crippen LogP contribution in [0.4, 0.5) is 0 Å². The standard InChI is InChI=1S/C25H42O5/c1-5-6-7-8-9-11-14-21-20(18-30-19(2)3)17-24(27)22(21)15-12-10-13-16-23(26)25(28)29-4/h10-12,14,19-23,26H,5-9,13,15-18H2,1-4H3/b12-10-,14-11+/t20-,21-,22+,23?/m0/s1. The van der Waals surface area contributed by atoms with Gasteiger partial charge in [-0.05, 0) is 57.8 Å². The van der Waals surface area contributed by atoms with Gasteiger partial charge in [0.2, 0.25) is 0 Å². The third kappa shape index (κ3) is 10.0. The number of carbonyl (C=O) groups excluding carboxylic acids is 2. The second-order valence-electron chi connectivity index (χ2n) is 8.60. The average molecular weight is 423 g/mol. The van der Waals surface area contributed by atoms with Crippen LogP contribution < -0.4 is 0 Å². The number of methoxy groups -OCH3 is 1. The molecule has 0 saturated heterocycles. The molecule has 0 spiro atoms. The van der Waals surface area contributed by atoms with Gasteiger partial charge < -0.3 is 14.6 Å². The monoisotopic (exact) mass is 422 g/mol. The van der Waals surface area contributed by atoms with E-state index in [9.17, 15) is 14.7 Å². The molecule has 0 aromatic carbocycles. The van der Waals surface area contributed by atoms with Crippen LogP contribution in [0.5, 0.6) is 0 Å². The van der Waals surface area contributed by atoms with E-state index in [0.29, 0.717) is 38.1 Å². The normalized spacial score (nSPS) is 23.1. The van der Waals surface area contributed by atoms with Gasteiger partial charge in [0.15, 0.2) is 6.10 Å². The van der Waals surface area contributed by atoms with E-state index >= 15 is 0 Å².